The summed E-state index contributed by atoms with van der Waals surface area (Å²) in [4.78, 5) is 12.3. The quantitative estimate of drug-likeness (QED) is 0.505. The molecule has 1 aromatic heterocycles. The average molecular weight is 457 g/mol. The first-order chi connectivity index (χ1) is 16.0. The number of anilines is 1. The highest BCUT2D eigenvalue weighted by Crippen LogP contribution is 2.24. The van der Waals surface area contributed by atoms with Gasteiger partial charge >= 0.3 is 6.03 Å². The van der Waals surface area contributed by atoms with Gasteiger partial charge in [-0.25, -0.2) is 13.6 Å². The molecule has 0 radical (unpaired) electrons. The number of urea groups is 1. The number of benzene rings is 2. The van der Waals surface area contributed by atoms with Crippen LogP contribution in [0, 0.1) is 11.6 Å². The van der Waals surface area contributed by atoms with Gasteiger partial charge in [0.25, 0.3) is 0 Å². The molecule has 33 heavy (non-hydrogen) atoms. The van der Waals surface area contributed by atoms with Gasteiger partial charge in [-0.3, -0.25) is 4.68 Å². The molecule has 0 aliphatic carbocycles. The molecule has 3 atom stereocenters. The molecule has 10 heteroatoms. The molecule has 1 fully saturated rings. The SMILES string of the molecule is O=C(Nc1ccc(F)cc1)N[C@H]1CC[C@H](CCn2cc(-c3ccccc3F)nn2)O[C@@H]1CO. The molecule has 4 rings (SSSR count). The lowest BCUT2D eigenvalue weighted by Gasteiger charge is -2.36. The van der Waals surface area contributed by atoms with E-state index in [0.29, 0.717) is 42.8 Å². The maximum Gasteiger partial charge on any atom is 0.319 e. The van der Waals surface area contributed by atoms with Gasteiger partial charge in [0.2, 0.25) is 0 Å². The van der Waals surface area contributed by atoms with Crippen LogP contribution in [0.25, 0.3) is 11.3 Å². The molecule has 3 aromatic rings. The predicted octanol–water partition coefficient (Wildman–Crippen LogP) is 3.34. The molecular formula is C23H25F2N5O3. The zero-order chi connectivity index (χ0) is 23.2. The van der Waals surface area contributed by atoms with Crippen LogP contribution in [0.2, 0.25) is 0 Å². The molecule has 0 unspecified atom stereocenters. The van der Waals surface area contributed by atoms with E-state index in [4.69, 9.17) is 4.74 Å². The van der Waals surface area contributed by atoms with Crippen LogP contribution in [0.4, 0.5) is 19.3 Å². The van der Waals surface area contributed by atoms with Crippen molar-refractivity contribution >= 4 is 11.7 Å². The summed E-state index contributed by atoms with van der Waals surface area (Å²) in [6, 6.07) is 11.0. The highest BCUT2D eigenvalue weighted by molar-refractivity contribution is 5.89. The first kappa shape index (κ1) is 22.8. The van der Waals surface area contributed by atoms with Crippen molar-refractivity contribution in [3.63, 3.8) is 0 Å². The number of aliphatic hydroxyl groups is 1. The summed E-state index contributed by atoms with van der Waals surface area (Å²) in [5.41, 5.74) is 1.32. The number of halogens is 2. The third kappa shape index (κ3) is 5.91. The molecule has 0 bridgehead atoms. The summed E-state index contributed by atoms with van der Waals surface area (Å²) in [6.45, 7) is 0.284. The van der Waals surface area contributed by atoms with E-state index < -0.39 is 12.1 Å². The summed E-state index contributed by atoms with van der Waals surface area (Å²) in [5.74, 6) is -0.740. The largest absolute Gasteiger partial charge is 0.394 e. The number of hydrogen-bond acceptors (Lipinski definition) is 5. The minimum Gasteiger partial charge on any atom is -0.394 e. The van der Waals surface area contributed by atoms with Crippen molar-refractivity contribution < 1.29 is 23.4 Å². The van der Waals surface area contributed by atoms with Crippen molar-refractivity contribution in [2.24, 2.45) is 0 Å². The zero-order valence-electron chi connectivity index (χ0n) is 17.8. The lowest BCUT2D eigenvalue weighted by Crippen LogP contribution is -2.52. The van der Waals surface area contributed by atoms with Crippen molar-refractivity contribution in [1.82, 2.24) is 20.3 Å². The van der Waals surface area contributed by atoms with Crippen LogP contribution in [-0.4, -0.2) is 51.0 Å². The number of aromatic nitrogens is 3. The maximum absolute atomic E-state index is 13.9. The van der Waals surface area contributed by atoms with E-state index in [2.05, 4.69) is 20.9 Å². The van der Waals surface area contributed by atoms with Crippen LogP contribution in [0.15, 0.2) is 54.7 Å². The molecular weight excluding hydrogens is 432 g/mol. The molecule has 8 nitrogen and oxygen atoms in total. The van der Waals surface area contributed by atoms with Gasteiger partial charge in [0.05, 0.1) is 24.9 Å². The third-order valence-electron chi connectivity index (χ3n) is 5.58. The summed E-state index contributed by atoms with van der Waals surface area (Å²) < 4.78 is 34.6. The lowest BCUT2D eigenvalue weighted by atomic mass is 9.97. The fourth-order valence-electron chi connectivity index (χ4n) is 3.85. The topological polar surface area (TPSA) is 101 Å². The number of aryl methyl sites for hydroxylation is 1. The second kappa shape index (κ2) is 10.5. The van der Waals surface area contributed by atoms with Gasteiger partial charge in [0.1, 0.15) is 23.4 Å². The van der Waals surface area contributed by atoms with Crippen molar-refractivity contribution in [2.75, 3.05) is 11.9 Å². The Morgan fingerprint density at radius 2 is 1.94 bits per heavy atom. The second-order valence-corrected chi connectivity index (χ2v) is 7.90. The number of aliphatic hydroxyl groups excluding tert-OH is 1. The normalized spacial score (nSPS) is 20.4. The molecule has 1 saturated heterocycles. The minimum atomic E-state index is -0.549. The van der Waals surface area contributed by atoms with Crippen LogP contribution in [0.3, 0.4) is 0 Å². The highest BCUT2D eigenvalue weighted by atomic mass is 19.1. The van der Waals surface area contributed by atoms with Crippen LogP contribution < -0.4 is 10.6 Å². The minimum absolute atomic E-state index is 0.124. The lowest BCUT2D eigenvalue weighted by molar-refractivity contribution is -0.0905. The predicted molar refractivity (Wildman–Crippen MR) is 117 cm³/mol. The van der Waals surface area contributed by atoms with Crippen molar-refractivity contribution in [2.45, 2.75) is 44.1 Å². The number of ether oxygens (including phenoxy) is 1. The maximum atomic E-state index is 13.9. The zero-order valence-corrected chi connectivity index (χ0v) is 17.8. The monoisotopic (exact) mass is 457 g/mol. The first-order valence-corrected chi connectivity index (χ1v) is 10.8. The number of rotatable bonds is 7. The highest BCUT2D eigenvalue weighted by Gasteiger charge is 2.32. The van der Waals surface area contributed by atoms with E-state index in [1.54, 1.807) is 29.1 Å². The van der Waals surface area contributed by atoms with Crippen molar-refractivity contribution in [3.05, 3.63) is 66.4 Å². The number of hydrogen-bond donors (Lipinski definition) is 3. The molecule has 2 aromatic carbocycles. The second-order valence-electron chi connectivity index (χ2n) is 7.90. The Labute approximate surface area is 189 Å². The van der Waals surface area contributed by atoms with E-state index in [9.17, 15) is 18.7 Å². The van der Waals surface area contributed by atoms with Gasteiger partial charge in [0.15, 0.2) is 0 Å². The standard InChI is InChI=1S/C23H25F2N5O3/c24-15-5-7-16(8-6-15)26-23(32)27-20-10-9-17(33-22(20)14-31)11-12-30-13-21(28-29-30)18-3-1-2-4-19(18)25/h1-8,13,17,20,22,31H,9-12,14H2,(H2,26,27,32)/t17-,20+,22-/m1/s1. The van der Waals surface area contributed by atoms with Crippen molar-refractivity contribution in [3.8, 4) is 11.3 Å². The summed E-state index contributed by atoms with van der Waals surface area (Å²) in [5, 5.41) is 23.3. The van der Waals surface area contributed by atoms with E-state index in [0.717, 1.165) is 0 Å². The Bertz CT molecular complexity index is 1080. The Balaban J connectivity index is 1.27. The Hall–Kier alpha value is -3.37. The number of carbonyl (C=O) groups is 1. The molecule has 2 heterocycles. The fourth-order valence-corrected chi connectivity index (χ4v) is 3.85. The number of nitrogens with zero attached hydrogens (tertiary/aromatic N) is 3. The van der Waals surface area contributed by atoms with Crippen LogP contribution >= 0.6 is 0 Å². The van der Waals surface area contributed by atoms with E-state index in [-0.39, 0.29) is 30.4 Å². The van der Waals surface area contributed by atoms with Gasteiger partial charge in [-0.05, 0) is 55.7 Å². The van der Waals surface area contributed by atoms with Gasteiger partial charge in [-0.15, -0.1) is 5.10 Å². The molecule has 3 N–H and O–H groups in total. The molecule has 174 valence electrons. The molecule has 1 aliphatic heterocycles. The van der Waals surface area contributed by atoms with Gasteiger partial charge in [0, 0.05) is 17.8 Å². The van der Waals surface area contributed by atoms with E-state index >= 15 is 0 Å². The number of nitrogens with one attached hydrogen (secondary N) is 2. The summed E-state index contributed by atoms with van der Waals surface area (Å²) in [7, 11) is 0. The Kier molecular flexibility index (Phi) is 7.26. The molecule has 0 spiro atoms. The first-order valence-electron chi connectivity index (χ1n) is 10.8. The summed E-state index contributed by atoms with van der Waals surface area (Å²) >= 11 is 0. The fraction of sp³-hybridized carbons (Fsp3) is 0.348. The van der Waals surface area contributed by atoms with Gasteiger partial charge < -0.3 is 20.5 Å². The number of amides is 2. The molecule has 2 amide bonds. The van der Waals surface area contributed by atoms with Crippen LogP contribution in [-0.2, 0) is 11.3 Å². The van der Waals surface area contributed by atoms with Gasteiger partial charge in [-0.2, -0.15) is 0 Å². The van der Waals surface area contributed by atoms with Crippen molar-refractivity contribution in [1.29, 1.82) is 0 Å². The third-order valence-corrected chi connectivity index (χ3v) is 5.58. The van der Waals surface area contributed by atoms with E-state index in [1.807, 2.05) is 0 Å². The van der Waals surface area contributed by atoms with E-state index in [1.165, 1.54) is 30.3 Å². The Morgan fingerprint density at radius 1 is 1.15 bits per heavy atom. The molecule has 1 aliphatic rings. The number of carbonyl (C=O) groups excluding carboxylic acids is 1. The van der Waals surface area contributed by atoms with Crippen LogP contribution in [0.5, 0.6) is 0 Å². The Morgan fingerprint density at radius 3 is 2.70 bits per heavy atom. The average Bonchev–Trinajstić information content (AvgIpc) is 3.29. The molecule has 0 saturated carbocycles. The van der Waals surface area contributed by atoms with Crippen LogP contribution in [0.1, 0.15) is 19.3 Å². The van der Waals surface area contributed by atoms with Gasteiger partial charge in [-0.1, -0.05) is 17.3 Å². The smallest absolute Gasteiger partial charge is 0.319 e. The summed E-state index contributed by atoms with van der Waals surface area (Å²) in [6.07, 6.45) is 2.96.